The maximum atomic E-state index is 8.08. The number of hydrogen-bond acceptors (Lipinski definition) is 2. The van der Waals surface area contributed by atoms with Gasteiger partial charge in [-0.1, -0.05) is 6.58 Å². The van der Waals surface area contributed by atoms with Gasteiger partial charge in [-0.05, 0) is 17.6 Å². The Morgan fingerprint density at radius 3 is 3.00 bits per heavy atom. The Morgan fingerprint density at radius 2 is 2.50 bits per heavy atom. The highest BCUT2D eigenvalue weighted by atomic mass is 32.2. The van der Waals surface area contributed by atoms with Crippen molar-refractivity contribution in [2.75, 3.05) is 5.75 Å². The van der Waals surface area contributed by atoms with Gasteiger partial charge in [-0.3, -0.25) is 0 Å². The summed E-state index contributed by atoms with van der Waals surface area (Å²) in [7, 11) is 0. The molecule has 0 aromatic heterocycles. The minimum Gasteiger partial charge on any atom is -0.198 e. The second-order valence-corrected chi connectivity index (χ2v) is 2.37. The number of nitriles is 1. The summed E-state index contributed by atoms with van der Waals surface area (Å²) >= 11 is 1.66. The average Bonchev–Trinajstić information content (AvgIpc) is 1.81. The Bertz CT molecular complexity index is 93.2. The van der Waals surface area contributed by atoms with E-state index in [1.165, 1.54) is 0 Å². The quantitative estimate of drug-likeness (QED) is 0.540. The van der Waals surface area contributed by atoms with Gasteiger partial charge in [-0.2, -0.15) is 5.26 Å². The Balaban J connectivity index is 2.74. The summed E-state index contributed by atoms with van der Waals surface area (Å²) in [5, 5.41) is 9.88. The smallest absolute Gasteiger partial charge is 0.0622 e. The topological polar surface area (TPSA) is 23.8 Å². The number of thioether (sulfide) groups is 1. The van der Waals surface area contributed by atoms with E-state index in [0.29, 0.717) is 6.42 Å². The fourth-order valence-corrected chi connectivity index (χ4v) is 0.796. The number of rotatable bonds is 4. The maximum absolute atomic E-state index is 8.08. The molecule has 1 nitrogen and oxygen atoms in total. The van der Waals surface area contributed by atoms with Crippen molar-refractivity contribution in [3.05, 3.63) is 12.0 Å². The summed E-state index contributed by atoms with van der Waals surface area (Å²) in [5.74, 6) is 1.02. The SMILES string of the molecule is C=CSCCCC#N. The van der Waals surface area contributed by atoms with E-state index in [9.17, 15) is 0 Å². The average molecular weight is 127 g/mol. The molecule has 0 radical (unpaired) electrons. The van der Waals surface area contributed by atoms with Crippen LogP contribution in [0.4, 0.5) is 0 Å². The summed E-state index contributed by atoms with van der Waals surface area (Å²) in [6.45, 7) is 3.54. The molecule has 0 amide bonds. The van der Waals surface area contributed by atoms with Crippen molar-refractivity contribution < 1.29 is 0 Å². The van der Waals surface area contributed by atoms with Crippen molar-refractivity contribution >= 4 is 11.8 Å². The molecular weight excluding hydrogens is 118 g/mol. The van der Waals surface area contributed by atoms with Crippen LogP contribution in [0.25, 0.3) is 0 Å². The van der Waals surface area contributed by atoms with E-state index in [1.807, 2.05) is 0 Å². The van der Waals surface area contributed by atoms with Crippen molar-refractivity contribution in [3.8, 4) is 6.07 Å². The Hall–Kier alpha value is -0.420. The molecule has 0 saturated heterocycles. The van der Waals surface area contributed by atoms with Crippen molar-refractivity contribution in [2.45, 2.75) is 12.8 Å². The number of nitrogens with zero attached hydrogens (tertiary/aromatic N) is 1. The van der Waals surface area contributed by atoms with E-state index < -0.39 is 0 Å². The first-order chi connectivity index (χ1) is 3.91. The molecule has 0 bridgehead atoms. The summed E-state index contributed by atoms with van der Waals surface area (Å²) in [4.78, 5) is 0. The van der Waals surface area contributed by atoms with Gasteiger partial charge >= 0.3 is 0 Å². The summed E-state index contributed by atoms with van der Waals surface area (Å²) in [6, 6.07) is 2.08. The third-order valence-electron chi connectivity index (χ3n) is 0.669. The molecule has 0 fully saturated rings. The lowest BCUT2D eigenvalue weighted by Crippen LogP contribution is -1.73. The van der Waals surface area contributed by atoms with Crippen LogP contribution in [0.1, 0.15) is 12.8 Å². The zero-order valence-electron chi connectivity index (χ0n) is 4.76. The first kappa shape index (κ1) is 7.58. The van der Waals surface area contributed by atoms with Gasteiger partial charge in [0.1, 0.15) is 0 Å². The van der Waals surface area contributed by atoms with Crippen molar-refractivity contribution in [1.29, 1.82) is 5.26 Å². The molecule has 8 heavy (non-hydrogen) atoms. The van der Waals surface area contributed by atoms with Crippen molar-refractivity contribution in [2.24, 2.45) is 0 Å². The first-order valence-corrected chi connectivity index (χ1v) is 3.56. The predicted octanol–water partition coefficient (Wildman–Crippen LogP) is 2.17. The van der Waals surface area contributed by atoms with Crippen LogP contribution in [-0.2, 0) is 0 Å². The van der Waals surface area contributed by atoms with E-state index in [4.69, 9.17) is 5.26 Å². The second kappa shape index (κ2) is 6.58. The normalized spacial score (nSPS) is 7.88. The lowest BCUT2D eigenvalue weighted by molar-refractivity contribution is 0.984. The van der Waals surface area contributed by atoms with Gasteiger partial charge in [0.15, 0.2) is 0 Å². The molecule has 0 heterocycles. The van der Waals surface area contributed by atoms with Crippen molar-refractivity contribution in [1.82, 2.24) is 0 Å². The summed E-state index contributed by atoms with van der Waals surface area (Å²) < 4.78 is 0. The molecule has 0 saturated carbocycles. The van der Waals surface area contributed by atoms with E-state index in [1.54, 1.807) is 17.2 Å². The van der Waals surface area contributed by atoms with Crippen LogP contribution < -0.4 is 0 Å². The molecule has 0 rings (SSSR count). The Labute approximate surface area is 54.4 Å². The number of hydrogen-bond donors (Lipinski definition) is 0. The molecule has 0 atom stereocenters. The van der Waals surface area contributed by atoms with Crippen LogP contribution >= 0.6 is 11.8 Å². The fraction of sp³-hybridized carbons (Fsp3) is 0.500. The number of unbranched alkanes of at least 4 members (excludes halogenated alkanes) is 1. The zero-order valence-corrected chi connectivity index (χ0v) is 5.58. The van der Waals surface area contributed by atoms with Crippen LogP contribution in [0, 0.1) is 11.3 Å². The van der Waals surface area contributed by atoms with Gasteiger partial charge in [0.2, 0.25) is 0 Å². The Kier molecular flexibility index (Phi) is 6.23. The molecular formula is C6H9NS. The van der Waals surface area contributed by atoms with E-state index in [0.717, 1.165) is 12.2 Å². The minimum atomic E-state index is 0.668. The van der Waals surface area contributed by atoms with Crippen LogP contribution in [0.15, 0.2) is 12.0 Å². The second-order valence-electron chi connectivity index (χ2n) is 1.30. The molecule has 0 spiro atoms. The molecule has 0 aliphatic rings. The van der Waals surface area contributed by atoms with Crippen molar-refractivity contribution in [3.63, 3.8) is 0 Å². The largest absolute Gasteiger partial charge is 0.198 e. The lowest BCUT2D eigenvalue weighted by atomic mass is 10.4. The van der Waals surface area contributed by atoms with Crippen LogP contribution in [0.2, 0.25) is 0 Å². The third-order valence-corrected chi connectivity index (χ3v) is 1.43. The molecule has 0 aromatic carbocycles. The molecule has 0 aliphatic carbocycles. The van der Waals surface area contributed by atoms with Gasteiger partial charge in [-0.25, -0.2) is 0 Å². The van der Waals surface area contributed by atoms with E-state index in [2.05, 4.69) is 12.6 Å². The van der Waals surface area contributed by atoms with Gasteiger partial charge in [0, 0.05) is 6.42 Å². The molecule has 0 N–H and O–H groups in total. The lowest BCUT2D eigenvalue weighted by Gasteiger charge is -1.86. The van der Waals surface area contributed by atoms with E-state index in [-0.39, 0.29) is 0 Å². The van der Waals surface area contributed by atoms with Crippen LogP contribution in [0.5, 0.6) is 0 Å². The monoisotopic (exact) mass is 127 g/mol. The van der Waals surface area contributed by atoms with E-state index >= 15 is 0 Å². The molecule has 44 valence electrons. The van der Waals surface area contributed by atoms with Gasteiger partial charge in [-0.15, -0.1) is 11.8 Å². The molecule has 2 heteroatoms. The zero-order chi connectivity index (χ0) is 6.24. The highest BCUT2D eigenvalue weighted by molar-refractivity contribution is 8.02. The standard InChI is InChI=1S/C6H9NS/c1-2-8-6-4-3-5-7/h2H,1,3-4,6H2. The molecule has 0 unspecified atom stereocenters. The highest BCUT2D eigenvalue weighted by Crippen LogP contribution is 2.02. The van der Waals surface area contributed by atoms with Gasteiger partial charge in [0.25, 0.3) is 0 Å². The predicted molar refractivity (Wildman–Crippen MR) is 37.5 cm³/mol. The van der Waals surface area contributed by atoms with Gasteiger partial charge < -0.3 is 0 Å². The molecule has 0 aromatic rings. The minimum absolute atomic E-state index is 0.668. The third kappa shape index (κ3) is 5.58. The highest BCUT2D eigenvalue weighted by Gasteiger charge is 1.81. The molecule has 0 aliphatic heterocycles. The van der Waals surface area contributed by atoms with Gasteiger partial charge in [0.05, 0.1) is 6.07 Å². The van der Waals surface area contributed by atoms with Crippen LogP contribution in [0.3, 0.4) is 0 Å². The van der Waals surface area contributed by atoms with Crippen LogP contribution in [-0.4, -0.2) is 5.75 Å². The summed E-state index contributed by atoms with van der Waals surface area (Å²) in [5.41, 5.74) is 0. The Morgan fingerprint density at radius 1 is 1.75 bits per heavy atom. The summed E-state index contributed by atoms with van der Waals surface area (Å²) in [6.07, 6.45) is 1.65. The first-order valence-electron chi connectivity index (χ1n) is 2.51. The fourth-order valence-electron chi connectivity index (χ4n) is 0.318. The maximum Gasteiger partial charge on any atom is 0.0622 e.